The Morgan fingerprint density at radius 2 is 1.86 bits per heavy atom. The Labute approximate surface area is 166 Å². The predicted octanol–water partition coefficient (Wildman–Crippen LogP) is 2.30. The molecular formula is C22H27N3O3. The van der Waals surface area contributed by atoms with Crippen molar-refractivity contribution in [2.45, 2.75) is 13.0 Å². The highest BCUT2D eigenvalue weighted by Gasteiger charge is 2.34. The minimum atomic E-state index is -0.302. The lowest BCUT2D eigenvalue weighted by atomic mass is 10.1. The normalized spacial score (nSPS) is 16.5. The second-order valence-electron chi connectivity index (χ2n) is 7.27. The Kier molecular flexibility index (Phi) is 6.66. The molecule has 1 heterocycles. The van der Waals surface area contributed by atoms with Crippen molar-refractivity contribution in [3.05, 3.63) is 60.2 Å². The van der Waals surface area contributed by atoms with E-state index in [-0.39, 0.29) is 24.2 Å². The molecule has 1 fully saturated rings. The van der Waals surface area contributed by atoms with Gasteiger partial charge in [0, 0.05) is 31.7 Å². The smallest absolute Gasteiger partial charge is 0.227 e. The van der Waals surface area contributed by atoms with Gasteiger partial charge in [0.2, 0.25) is 11.8 Å². The first-order valence-corrected chi connectivity index (χ1v) is 9.52. The average molecular weight is 381 g/mol. The summed E-state index contributed by atoms with van der Waals surface area (Å²) in [4.78, 5) is 28.4. The molecule has 1 aliphatic heterocycles. The maximum Gasteiger partial charge on any atom is 0.227 e. The maximum absolute atomic E-state index is 12.4. The highest BCUT2D eigenvalue weighted by Crippen LogP contribution is 2.27. The Morgan fingerprint density at radius 1 is 1.14 bits per heavy atom. The van der Waals surface area contributed by atoms with Crippen molar-refractivity contribution in [1.82, 2.24) is 10.2 Å². The second-order valence-corrected chi connectivity index (χ2v) is 7.27. The van der Waals surface area contributed by atoms with Gasteiger partial charge >= 0.3 is 0 Å². The summed E-state index contributed by atoms with van der Waals surface area (Å²) in [7, 11) is 3.92. The highest BCUT2D eigenvalue weighted by atomic mass is 16.5. The van der Waals surface area contributed by atoms with Crippen molar-refractivity contribution in [2.75, 3.05) is 38.6 Å². The van der Waals surface area contributed by atoms with Gasteiger partial charge in [-0.25, -0.2) is 0 Å². The van der Waals surface area contributed by atoms with Crippen LogP contribution in [0.5, 0.6) is 5.75 Å². The van der Waals surface area contributed by atoms with Gasteiger partial charge in [-0.15, -0.1) is 0 Å². The van der Waals surface area contributed by atoms with Gasteiger partial charge in [-0.05, 0) is 43.9 Å². The number of nitrogens with one attached hydrogen (secondary N) is 1. The fraction of sp³-hybridized carbons (Fsp3) is 0.364. The molecule has 1 unspecified atom stereocenters. The van der Waals surface area contributed by atoms with E-state index < -0.39 is 0 Å². The molecule has 1 atom stereocenters. The molecule has 148 valence electrons. The summed E-state index contributed by atoms with van der Waals surface area (Å²) in [6, 6.07) is 17.4. The van der Waals surface area contributed by atoms with Gasteiger partial charge in [-0.1, -0.05) is 30.3 Å². The van der Waals surface area contributed by atoms with Gasteiger partial charge in [0.25, 0.3) is 0 Å². The summed E-state index contributed by atoms with van der Waals surface area (Å²) in [5, 5.41) is 2.91. The van der Waals surface area contributed by atoms with E-state index in [1.54, 1.807) is 4.90 Å². The van der Waals surface area contributed by atoms with E-state index in [1.807, 2.05) is 73.6 Å². The van der Waals surface area contributed by atoms with E-state index in [9.17, 15) is 9.59 Å². The van der Waals surface area contributed by atoms with Crippen LogP contribution in [0.1, 0.15) is 12.0 Å². The summed E-state index contributed by atoms with van der Waals surface area (Å²) in [5.74, 6) is 0.368. The van der Waals surface area contributed by atoms with Gasteiger partial charge in [0.1, 0.15) is 12.4 Å². The van der Waals surface area contributed by atoms with Crippen LogP contribution in [0.4, 0.5) is 5.69 Å². The van der Waals surface area contributed by atoms with Crippen LogP contribution in [0.25, 0.3) is 0 Å². The summed E-state index contributed by atoms with van der Waals surface area (Å²) in [6.07, 6.45) is 0.250. The number of carbonyl (C=O) groups excluding carboxylic acids is 2. The summed E-state index contributed by atoms with van der Waals surface area (Å²) >= 11 is 0. The van der Waals surface area contributed by atoms with Gasteiger partial charge in [-0.2, -0.15) is 0 Å². The van der Waals surface area contributed by atoms with Crippen molar-refractivity contribution < 1.29 is 14.3 Å². The Morgan fingerprint density at radius 3 is 2.54 bits per heavy atom. The fourth-order valence-electron chi connectivity index (χ4n) is 3.14. The molecule has 6 nitrogen and oxygen atoms in total. The van der Waals surface area contributed by atoms with E-state index in [0.717, 1.165) is 23.5 Å². The second kappa shape index (κ2) is 9.37. The molecule has 0 aliphatic carbocycles. The average Bonchev–Trinajstić information content (AvgIpc) is 3.09. The third-order valence-electron chi connectivity index (χ3n) is 4.75. The van der Waals surface area contributed by atoms with Crippen LogP contribution in [0.15, 0.2) is 54.6 Å². The number of benzene rings is 2. The maximum atomic E-state index is 12.4. The summed E-state index contributed by atoms with van der Waals surface area (Å²) < 4.78 is 5.79. The van der Waals surface area contributed by atoms with E-state index in [4.69, 9.17) is 4.74 Å². The lowest BCUT2D eigenvalue weighted by Gasteiger charge is -2.17. The van der Waals surface area contributed by atoms with E-state index in [1.165, 1.54) is 0 Å². The lowest BCUT2D eigenvalue weighted by molar-refractivity contribution is -0.126. The first-order chi connectivity index (χ1) is 13.5. The van der Waals surface area contributed by atoms with Crippen LogP contribution < -0.4 is 15.0 Å². The molecule has 1 saturated heterocycles. The third-order valence-corrected chi connectivity index (χ3v) is 4.75. The van der Waals surface area contributed by atoms with Crippen molar-refractivity contribution in [1.29, 1.82) is 0 Å². The topological polar surface area (TPSA) is 61.9 Å². The molecule has 0 radical (unpaired) electrons. The standard InChI is InChI=1S/C22H27N3O3/c1-24(2)13-12-23-22(27)18-14-21(26)25(15-18)19-8-10-20(11-9-19)28-16-17-6-4-3-5-7-17/h3-11,18H,12-16H2,1-2H3,(H,23,27). The number of ether oxygens (including phenoxy) is 1. The largest absolute Gasteiger partial charge is 0.489 e. The zero-order valence-corrected chi connectivity index (χ0v) is 16.4. The number of likely N-dealkylation sites (N-methyl/N-ethyl adjacent to an activating group) is 1. The Bertz CT molecular complexity index is 790. The van der Waals surface area contributed by atoms with Crippen LogP contribution in [-0.4, -0.2) is 50.4 Å². The quantitative estimate of drug-likeness (QED) is 0.762. The van der Waals surface area contributed by atoms with E-state index >= 15 is 0 Å². The van der Waals surface area contributed by atoms with Crippen LogP contribution in [0, 0.1) is 5.92 Å². The highest BCUT2D eigenvalue weighted by molar-refractivity contribution is 6.00. The Hall–Kier alpha value is -2.86. The van der Waals surface area contributed by atoms with Crippen LogP contribution in [0.3, 0.4) is 0 Å². The molecule has 2 aromatic carbocycles. The number of rotatable bonds is 8. The van der Waals surface area contributed by atoms with Crippen LogP contribution in [-0.2, 0) is 16.2 Å². The summed E-state index contributed by atoms with van der Waals surface area (Å²) in [5.41, 5.74) is 1.89. The first kappa shape index (κ1) is 19.9. The van der Waals surface area contributed by atoms with Gasteiger partial charge < -0.3 is 19.9 Å². The SMILES string of the molecule is CN(C)CCNC(=O)C1CC(=O)N(c2ccc(OCc3ccccc3)cc2)C1. The molecule has 2 aromatic rings. The predicted molar refractivity (Wildman–Crippen MR) is 109 cm³/mol. The van der Waals surface area contributed by atoms with Crippen LogP contribution >= 0.6 is 0 Å². The molecule has 1 N–H and O–H groups in total. The zero-order chi connectivity index (χ0) is 19.9. The third kappa shape index (κ3) is 5.33. The number of carbonyl (C=O) groups is 2. The molecule has 0 aromatic heterocycles. The summed E-state index contributed by atoms with van der Waals surface area (Å²) in [6.45, 7) is 2.28. The van der Waals surface area contributed by atoms with Gasteiger partial charge in [0.05, 0.1) is 5.92 Å². The molecule has 28 heavy (non-hydrogen) atoms. The number of hydrogen-bond donors (Lipinski definition) is 1. The minimum absolute atomic E-state index is 0.0225. The first-order valence-electron chi connectivity index (χ1n) is 9.52. The molecule has 1 aliphatic rings. The number of nitrogens with zero attached hydrogens (tertiary/aromatic N) is 2. The van der Waals surface area contributed by atoms with Crippen molar-refractivity contribution in [3.8, 4) is 5.75 Å². The monoisotopic (exact) mass is 381 g/mol. The van der Waals surface area contributed by atoms with Crippen LogP contribution in [0.2, 0.25) is 0 Å². The minimum Gasteiger partial charge on any atom is -0.489 e. The Balaban J connectivity index is 1.53. The molecule has 3 rings (SSSR count). The lowest BCUT2D eigenvalue weighted by Crippen LogP contribution is -2.36. The van der Waals surface area contributed by atoms with E-state index in [0.29, 0.717) is 19.7 Å². The number of amides is 2. The molecule has 0 saturated carbocycles. The van der Waals surface area contributed by atoms with Crippen molar-refractivity contribution in [3.63, 3.8) is 0 Å². The van der Waals surface area contributed by atoms with E-state index in [2.05, 4.69) is 5.32 Å². The van der Waals surface area contributed by atoms with Crippen molar-refractivity contribution >= 4 is 17.5 Å². The van der Waals surface area contributed by atoms with Crippen molar-refractivity contribution in [2.24, 2.45) is 5.92 Å². The van der Waals surface area contributed by atoms with Gasteiger partial charge in [0.15, 0.2) is 0 Å². The van der Waals surface area contributed by atoms with Gasteiger partial charge in [-0.3, -0.25) is 9.59 Å². The molecule has 0 spiro atoms. The zero-order valence-electron chi connectivity index (χ0n) is 16.4. The molecular weight excluding hydrogens is 354 g/mol. The molecule has 2 amide bonds. The number of anilines is 1. The molecule has 6 heteroatoms. The fourth-order valence-corrected chi connectivity index (χ4v) is 3.14. The number of hydrogen-bond acceptors (Lipinski definition) is 4. The molecule has 0 bridgehead atoms.